The van der Waals surface area contributed by atoms with Crippen LogP contribution in [0.5, 0.6) is 0 Å². The first-order valence-corrected chi connectivity index (χ1v) is 8.14. The van der Waals surface area contributed by atoms with Gasteiger partial charge < -0.3 is 9.47 Å². The van der Waals surface area contributed by atoms with Gasteiger partial charge in [0.1, 0.15) is 16.7 Å². The van der Waals surface area contributed by atoms with Crippen LogP contribution in [-0.4, -0.2) is 35.3 Å². The molecule has 7 heteroatoms. The van der Waals surface area contributed by atoms with Gasteiger partial charge in [-0.3, -0.25) is 10.1 Å². The molecule has 23 heavy (non-hydrogen) atoms. The van der Waals surface area contributed by atoms with E-state index in [0.29, 0.717) is 5.56 Å². The summed E-state index contributed by atoms with van der Waals surface area (Å²) in [6.45, 7) is 5.28. The molecule has 5 nitrogen and oxygen atoms in total. The molecule has 1 heterocycles. The Morgan fingerprint density at radius 1 is 1.22 bits per heavy atom. The zero-order chi connectivity index (χ0) is 17.2. The van der Waals surface area contributed by atoms with Crippen LogP contribution < -0.4 is 5.32 Å². The summed E-state index contributed by atoms with van der Waals surface area (Å²) < 4.78 is 24.2. The van der Waals surface area contributed by atoms with Crippen LogP contribution in [0, 0.1) is 5.82 Å². The van der Waals surface area contributed by atoms with E-state index in [2.05, 4.69) is 5.32 Å². The molecule has 1 fully saturated rings. The molecule has 0 bridgehead atoms. The van der Waals surface area contributed by atoms with Gasteiger partial charge in [0, 0.05) is 5.56 Å². The maximum absolute atomic E-state index is 14.1. The van der Waals surface area contributed by atoms with E-state index in [4.69, 9.17) is 9.47 Å². The molecule has 0 spiro atoms. The van der Waals surface area contributed by atoms with Crippen LogP contribution in [0.25, 0.3) is 0 Å². The van der Waals surface area contributed by atoms with E-state index in [0.717, 1.165) is 11.8 Å². The molecule has 1 unspecified atom stereocenters. The number of esters is 2. The molecule has 1 aliphatic heterocycles. The molecule has 1 aliphatic rings. The third-order valence-electron chi connectivity index (χ3n) is 3.21. The normalized spacial score (nSPS) is 24.3. The monoisotopic (exact) mass is 341 g/mol. The van der Waals surface area contributed by atoms with Crippen molar-refractivity contribution < 1.29 is 23.5 Å². The highest BCUT2D eigenvalue weighted by Crippen LogP contribution is 2.39. The zero-order valence-electron chi connectivity index (χ0n) is 13.5. The molecule has 3 atom stereocenters. The Hall–Kier alpha value is -1.60. The number of benzene rings is 1. The smallest absolute Gasteiger partial charge is 0.334 e. The summed E-state index contributed by atoms with van der Waals surface area (Å²) in [7, 11) is 1.27. The molecule has 0 radical (unpaired) electrons. The minimum atomic E-state index is -0.761. The maximum atomic E-state index is 14.1. The summed E-state index contributed by atoms with van der Waals surface area (Å²) >= 11 is 1.08. The van der Waals surface area contributed by atoms with Gasteiger partial charge >= 0.3 is 11.9 Å². The van der Waals surface area contributed by atoms with E-state index >= 15 is 0 Å². The lowest BCUT2D eigenvalue weighted by molar-refractivity contribution is -0.154. The number of methoxy groups -OCH3 is 1. The summed E-state index contributed by atoms with van der Waals surface area (Å²) in [6, 6.07) is 5.49. The van der Waals surface area contributed by atoms with Crippen LogP contribution in [0.15, 0.2) is 24.3 Å². The summed E-state index contributed by atoms with van der Waals surface area (Å²) in [6.07, 6.45) is 0. The van der Waals surface area contributed by atoms with E-state index in [1.54, 1.807) is 39.0 Å². The average molecular weight is 341 g/mol. The molecular weight excluding hydrogens is 321 g/mol. The lowest BCUT2D eigenvalue weighted by Gasteiger charge is -2.22. The first-order chi connectivity index (χ1) is 10.7. The van der Waals surface area contributed by atoms with Crippen molar-refractivity contribution in [3.8, 4) is 0 Å². The van der Waals surface area contributed by atoms with Crippen LogP contribution >= 0.6 is 11.8 Å². The second-order valence-corrected chi connectivity index (χ2v) is 7.41. The third kappa shape index (κ3) is 4.23. The number of halogens is 1. The van der Waals surface area contributed by atoms with Gasteiger partial charge in [-0.1, -0.05) is 18.2 Å². The van der Waals surface area contributed by atoms with Gasteiger partial charge in [-0.25, -0.2) is 9.18 Å². The van der Waals surface area contributed by atoms with Crippen molar-refractivity contribution in [2.24, 2.45) is 0 Å². The zero-order valence-corrected chi connectivity index (χ0v) is 14.3. The van der Waals surface area contributed by atoms with Crippen LogP contribution in [0.2, 0.25) is 0 Å². The van der Waals surface area contributed by atoms with E-state index < -0.39 is 40.0 Å². The second-order valence-electron chi connectivity index (χ2n) is 6.16. The maximum Gasteiger partial charge on any atom is 0.334 e. The Bertz CT molecular complexity index is 602. The van der Waals surface area contributed by atoms with E-state index in [1.165, 1.54) is 13.2 Å². The molecule has 2 rings (SSSR count). The first kappa shape index (κ1) is 17.7. The topological polar surface area (TPSA) is 64.6 Å². The summed E-state index contributed by atoms with van der Waals surface area (Å²) in [5, 5.41) is 1.49. The van der Waals surface area contributed by atoms with Gasteiger partial charge in [0.25, 0.3) is 0 Å². The van der Waals surface area contributed by atoms with E-state index in [-0.39, 0.29) is 0 Å². The third-order valence-corrected chi connectivity index (χ3v) is 4.57. The first-order valence-electron chi connectivity index (χ1n) is 7.19. The Balaban J connectivity index is 2.25. The number of ether oxygens (including phenoxy) is 2. The van der Waals surface area contributed by atoms with Gasteiger partial charge in [-0.05, 0) is 26.8 Å². The summed E-state index contributed by atoms with van der Waals surface area (Å²) in [4.78, 5) is 24.2. The van der Waals surface area contributed by atoms with Crippen molar-refractivity contribution >= 4 is 23.7 Å². The lowest BCUT2D eigenvalue weighted by atomic mass is 10.0. The van der Waals surface area contributed by atoms with Gasteiger partial charge in [-0.15, -0.1) is 11.8 Å². The predicted octanol–water partition coefficient (Wildman–Crippen LogP) is 2.41. The summed E-state index contributed by atoms with van der Waals surface area (Å²) in [5.41, 5.74) is -0.322. The number of rotatable bonds is 3. The Labute approximate surface area is 138 Å². The van der Waals surface area contributed by atoms with Crippen molar-refractivity contribution in [3.63, 3.8) is 0 Å². The van der Waals surface area contributed by atoms with Gasteiger partial charge in [-0.2, -0.15) is 0 Å². The summed E-state index contributed by atoms with van der Waals surface area (Å²) in [5.74, 6) is -1.44. The number of hydrogen-bond donors (Lipinski definition) is 1. The molecule has 0 saturated carbocycles. The van der Waals surface area contributed by atoms with Crippen LogP contribution in [0.1, 0.15) is 32.4 Å². The largest absolute Gasteiger partial charge is 0.468 e. The van der Waals surface area contributed by atoms with Crippen molar-refractivity contribution in [3.05, 3.63) is 35.6 Å². The number of carbonyl (C=O) groups is 2. The molecular formula is C16H20FNO4S. The standard InChI is InChI=1S/C16H20FNO4S/c1-16(2,3)22-15(20)13-18-11(12(23-13)14(19)21-4)9-7-5-6-8-10(9)17/h5-8,11-13,18H,1-4H3/t11-,12-,13?/m0/s1. The second kappa shape index (κ2) is 6.88. The van der Waals surface area contributed by atoms with Crippen LogP contribution in [-0.2, 0) is 19.1 Å². The van der Waals surface area contributed by atoms with Crippen molar-refractivity contribution in [2.45, 2.75) is 43.0 Å². The highest BCUT2D eigenvalue weighted by Gasteiger charge is 2.45. The molecule has 1 aromatic rings. The predicted molar refractivity (Wildman–Crippen MR) is 85.3 cm³/mol. The molecule has 1 aromatic carbocycles. The number of nitrogens with one attached hydrogen (secondary N) is 1. The fourth-order valence-electron chi connectivity index (χ4n) is 2.28. The highest BCUT2D eigenvalue weighted by molar-refractivity contribution is 8.02. The minimum absolute atomic E-state index is 0.321. The van der Waals surface area contributed by atoms with Crippen LogP contribution in [0.3, 0.4) is 0 Å². The molecule has 126 valence electrons. The SMILES string of the molecule is COC(=O)[C@H]1SC(C(=O)OC(C)(C)C)N[C@H]1c1ccccc1F. The number of hydrogen-bond acceptors (Lipinski definition) is 6. The highest BCUT2D eigenvalue weighted by atomic mass is 32.2. The Morgan fingerprint density at radius 3 is 2.43 bits per heavy atom. The van der Waals surface area contributed by atoms with Crippen molar-refractivity contribution in [2.75, 3.05) is 7.11 Å². The van der Waals surface area contributed by atoms with Gasteiger partial charge in [0.05, 0.1) is 13.2 Å². The number of carbonyl (C=O) groups excluding carboxylic acids is 2. The van der Waals surface area contributed by atoms with Crippen molar-refractivity contribution in [1.29, 1.82) is 0 Å². The molecule has 0 amide bonds. The Kier molecular flexibility index (Phi) is 5.31. The molecule has 0 aliphatic carbocycles. The van der Waals surface area contributed by atoms with Gasteiger partial charge in [0.2, 0.25) is 0 Å². The van der Waals surface area contributed by atoms with Crippen LogP contribution in [0.4, 0.5) is 4.39 Å². The van der Waals surface area contributed by atoms with Gasteiger partial charge in [0.15, 0.2) is 5.37 Å². The Morgan fingerprint density at radius 2 is 1.87 bits per heavy atom. The molecule has 0 aromatic heterocycles. The quantitative estimate of drug-likeness (QED) is 0.852. The van der Waals surface area contributed by atoms with E-state index in [9.17, 15) is 14.0 Å². The number of thioether (sulfide) groups is 1. The van der Waals surface area contributed by atoms with E-state index in [1.807, 2.05) is 0 Å². The molecule has 1 N–H and O–H groups in total. The fourth-order valence-corrected chi connectivity index (χ4v) is 3.55. The van der Waals surface area contributed by atoms with Crippen molar-refractivity contribution in [1.82, 2.24) is 5.32 Å². The lowest BCUT2D eigenvalue weighted by Crippen LogP contribution is -2.37. The fraction of sp³-hybridized carbons (Fsp3) is 0.500. The average Bonchev–Trinajstić information content (AvgIpc) is 2.90. The minimum Gasteiger partial charge on any atom is -0.468 e. The molecule has 1 saturated heterocycles.